The van der Waals surface area contributed by atoms with E-state index in [0.717, 1.165) is 23.2 Å². The SMILES string of the molecule is CC(=O)c1cc(C)ccc1[N+](=CCCCOc1ccc2c(c1)COC(=O)N2)OS. The Balaban J connectivity index is 1.57. The minimum absolute atomic E-state index is 0.0385. The second-order valence-electron chi connectivity index (χ2n) is 6.68. The molecule has 0 atom stereocenters. The predicted octanol–water partition coefficient (Wildman–Crippen LogP) is 4.61. The summed E-state index contributed by atoms with van der Waals surface area (Å²) in [5.41, 5.74) is 3.84. The molecule has 0 saturated carbocycles. The highest BCUT2D eigenvalue weighted by Crippen LogP contribution is 2.26. The summed E-state index contributed by atoms with van der Waals surface area (Å²) in [5, 5.41) is 2.64. The van der Waals surface area contributed by atoms with Gasteiger partial charge in [0.2, 0.25) is 6.21 Å². The highest BCUT2D eigenvalue weighted by molar-refractivity contribution is 7.74. The normalized spacial score (nSPS) is 13.2. The second kappa shape index (κ2) is 9.47. The lowest BCUT2D eigenvalue weighted by atomic mass is 10.1. The molecule has 2 aromatic carbocycles. The van der Waals surface area contributed by atoms with Crippen molar-refractivity contribution in [3.05, 3.63) is 53.1 Å². The average molecular weight is 415 g/mol. The summed E-state index contributed by atoms with van der Waals surface area (Å²) >= 11 is 3.91. The fourth-order valence-electron chi connectivity index (χ4n) is 2.97. The number of fused-ring (bicyclic) bond motifs is 1. The molecule has 0 aliphatic carbocycles. The number of cyclic esters (lactones) is 1. The van der Waals surface area contributed by atoms with Gasteiger partial charge >= 0.3 is 6.09 Å². The lowest BCUT2D eigenvalue weighted by Crippen LogP contribution is -2.20. The Morgan fingerprint density at radius 3 is 2.90 bits per heavy atom. The number of amides is 1. The first-order valence-corrected chi connectivity index (χ1v) is 9.59. The van der Waals surface area contributed by atoms with Crippen LogP contribution in [0, 0.1) is 6.92 Å². The van der Waals surface area contributed by atoms with E-state index in [0.29, 0.717) is 30.0 Å². The molecule has 29 heavy (non-hydrogen) atoms. The maximum absolute atomic E-state index is 11.9. The topological polar surface area (TPSA) is 76.9 Å². The van der Waals surface area contributed by atoms with Crippen molar-refractivity contribution in [1.82, 2.24) is 0 Å². The van der Waals surface area contributed by atoms with E-state index in [-0.39, 0.29) is 12.4 Å². The molecule has 0 radical (unpaired) electrons. The van der Waals surface area contributed by atoms with Crippen LogP contribution < -0.4 is 10.1 Å². The van der Waals surface area contributed by atoms with Gasteiger partial charge in [0, 0.05) is 22.8 Å². The Kier molecular flexibility index (Phi) is 6.77. The molecule has 1 N–H and O–H groups in total. The summed E-state index contributed by atoms with van der Waals surface area (Å²) < 4.78 is 17.4. The van der Waals surface area contributed by atoms with Crippen molar-refractivity contribution in [2.45, 2.75) is 33.3 Å². The molecule has 152 valence electrons. The Hall–Kier alpha value is -3.00. The largest absolute Gasteiger partial charge is 0.494 e. The molecule has 0 unspecified atom stereocenters. The minimum atomic E-state index is -0.445. The van der Waals surface area contributed by atoms with E-state index in [2.05, 4.69) is 18.2 Å². The van der Waals surface area contributed by atoms with E-state index < -0.39 is 6.09 Å². The molecule has 2 aromatic rings. The van der Waals surface area contributed by atoms with Crippen LogP contribution in [0.4, 0.5) is 16.2 Å². The van der Waals surface area contributed by atoms with E-state index in [1.165, 1.54) is 11.7 Å². The Morgan fingerprint density at radius 1 is 1.31 bits per heavy atom. The molecule has 8 heteroatoms. The van der Waals surface area contributed by atoms with Crippen molar-refractivity contribution in [2.24, 2.45) is 0 Å². The number of carbonyl (C=O) groups is 2. The molecule has 1 aliphatic heterocycles. The minimum Gasteiger partial charge on any atom is -0.494 e. The van der Waals surface area contributed by atoms with E-state index in [9.17, 15) is 9.59 Å². The van der Waals surface area contributed by atoms with Crippen molar-refractivity contribution >= 4 is 42.4 Å². The summed E-state index contributed by atoms with van der Waals surface area (Å²) in [4.78, 5) is 23.1. The lowest BCUT2D eigenvalue weighted by Gasteiger charge is -2.18. The van der Waals surface area contributed by atoms with Crippen LogP contribution in [-0.4, -0.2) is 29.4 Å². The first kappa shape index (κ1) is 20.7. The maximum atomic E-state index is 11.9. The highest BCUT2D eigenvalue weighted by Gasteiger charge is 2.20. The van der Waals surface area contributed by atoms with Crippen LogP contribution in [0.5, 0.6) is 5.75 Å². The third-order valence-electron chi connectivity index (χ3n) is 4.44. The molecule has 0 bridgehead atoms. The summed E-state index contributed by atoms with van der Waals surface area (Å²) in [6.45, 7) is 4.19. The molecular formula is C21H23N2O5S+. The zero-order chi connectivity index (χ0) is 20.8. The van der Waals surface area contributed by atoms with Crippen LogP contribution >= 0.6 is 12.9 Å². The second-order valence-corrected chi connectivity index (χ2v) is 6.84. The number of nitrogens with zero attached hydrogens (tertiary/aromatic N) is 1. The average Bonchev–Trinajstić information content (AvgIpc) is 2.71. The molecule has 3 rings (SSSR count). The maximum Gasteiger partial charge on any atom is 0.411 e. The molecule has 1 aliphatic rings. The molecule has 7 nitrogen and oxygen atoms in total. The molecule has 0 spiro atoms. The number of ketones is 1. The fraction of sp³-hybridized carbons (Fsp3) is 0.286. The van der Waals surface area contributed by atoms with Crippen LogP contribution in [0.3, 0.4) is 0 Å². The molecular weight excluding hydrogens is 392 g/mol. The van der Waals surface area contributed by atoms with Crippen molar-refractivity contribution in [3.8, 4) is 5.75 Å². The number of anilines is 1. The van der Waals surface area contributed by atoms with Gasteiger partial charge in [-0.2, -0.15) is 4.28 Å². The number of Topliss-reactive ketones (excluding diaryl/α,β-unsaturated/α-hetero) is 1. The Bertz CT molecular complexity index is 958. The van der Waals surface area contributed by atoms with Crippen molar-refractivity contribution in [3.63, 3.8) is 0 Å². The summed E-state index contributed by atoms with van der Waals surface area (Å²) in [6, 6.07) is 11.0. The number of unbranched alkanes of at least 4 members (excludes halogenated alkanes) is 1. The van der Waals surface area contributed by atoms with Gasteiger partial charge in [-0.05, 0) is 50.1 Å². The van der Waals surface area contributed by atoms with Gasteiger partial charge in [0.1, 0.15) is 25.3 Å². The number of rotatable bonds is 8. The predicted molar refractivity (Wildman–Crippen MR) is 112 cm³/mol. The Labute approximate surface area is 174 Å². The van der Waals surface area contributed by atoms with Gasteiger partial charge in [-0.3, -0.25) is 10.1 Å². The van der Waals surface area contributed by atoms with Crippen molar-refractivity contribution < 1.29 is 28.1 Å². The van der Waals surface area contributed by atoms with E-state index >= 15 is 0 Å². The van der Waals surface area contributed by atoms with E-state index in [1.54, 1.807) is 6.07 Å². The van der Waals surface area contributed by atoms with Crippen LogP contribution in [-0.2, 0) is 15.6 Å². The van der Waals surface area contributed by atoms with Gasteiger partial charge < -0.3 is 9.47 Å². The number of nitrogens with one attached hydrogen (secondary N) is 1. The molecule has 1 amide bonds. The first-order chi connectivity index (χ1) is 14.0. The third kappa shape index (κ3) is 5.29. The van der Waals surface area contributed by atoms with Gasteiger partial charge in [-0.15, -0.1) is 0 Å². The monoisotopic (exact) mass is 415 g/mol. The number of aryl methyl sites for hydroxylation is 1. The quantitative estimate of drug-likeness (QED) is 0.125. The van der Waals surface area contributed by atoms with E-state index in [1.807, 2.05) is 43.5 Å². The number of ether oxygens (including phenoxy) is 2. The molecule has 1 heterocycles. The van der Waals surface area contributed by atoms with Gasteiger partial charge in [0.25, 0.3) is 5.69 Å². The molecule has 0 fully saturated rings. The van der Waals surface area contributed by atoms with Crippen molar-refractivity contribution in [2.75, 3.05) is 11.9 Å². The number of carbonyl (C=O) groups excluding carboxylic acids is 2. The Morgan fingerprint density at radius 2 is 2.14 bits per heavy atom. The third-order valence-corrected chi connectivity index (χ3v) is 4.62. The van der Waals surface area contributed by atoms with Gasteiger partial charge in [0.05, 0.1) is 17.9 Å². The highest BCUT2D eigenvalue weighted by atomic mass is 32.1. The number of thiol groups is 1. The van der Waals surface area contributed by atoms with Crippen molar-refractivity contribution in [1.29, 1.82) is 0 Å². The smallest absolute Gasteiger partial charge is 0.411 e. The summed E-state index contributed by atoms with van der Waals surface area (Å²) in [6.07, 6.45) is 2.78. The number of benzene rings is 2. The van der Waals surface area contributed by atoms with Crippen LogP contribution in [0.1, 0.15) is 41.3 Å². The van der Waals surface area contributed by atoms with Crippen LogP contribution in [0.2, 0.25) is 0 Å². The van der Waals surface area contributed by atoms with Crippen LogP contribution in [0.15, 0.2) is 36.4 Å². The molecule has 0 aromatic heterocycles. The molecule has 0 saturated heterocycles. The van der Waals surface area contributed by atoms with E-state index in [4.69, 9.17) is 13.8 Å². The summed E-state index contributed by atoms with van der Waals surface area (Å²) in [7, 11) is 0. The zero-order valence-electron chi connectivity index (χ0n) is 16.3. The number of hydrogen-bond donors (Lipinski definition) is 2. The summed E-state index contributed by atoms with van der Waals surface area (Å²) in [5.74, 6) is 0.673. The van der Waals surface area contributed by atoms with Gasteiger partial charge in [-0.1, -0.05) is 6.07 Å². The first-order valence-electron chi connectivity index (χ1n) is 9.23. The lowest BCUT2D eigenvalue weighted by molar-refractivity contribution is -0.672. The number of hydrogen-bond acceptors (Lipinski definition) is 6. The fourth-order valence-corrected chi connectivity index (χ4v) is 3.13. The standard InChI is InChI=1S/C21H22N2O5S/c1-14-5-8-20(18(11-14)15(2)24)23(28-29)9-3-4-10-26-17-6-7-19-16(12-17)13-27-21(25)22-19/h5-9,11-12H,3-4,10,13H2,1-2H3,(H-,22,25,29)/p+1. The van der Waals surface area contributed by atoms with Crippen LogP contribution in [0.25, 0.3) is 0 Å². The van der Waals surface area contributed by atoms with Gasteiger partial charge in [-0.25, -0.2) is 4.79 Å². The zero-order valence-corrected chi connectivity index (χ0v) is 17.2. The van der Waals surface area contributed by atoms with Gasteiger partial charge in [0.15, 0.2) is 5.78 Å².